The van der Waals surface area contributed by atoms with Gasteiger partial charge in [0.15, 0.2) is 17.3 Å². The molecule has 8 heteroatoms. The molecular formula is C19H19ClN4O3. The molecule has 1 amide bonds. The maximum atomic E-state index is 12.7. The Balaban J connectivity index is 1.86. The van der Waals surface area contributed by atoms with E-state index in [0.717, 1.165) is 5.56 Å². The Bertz CT molecular complexity index is 971. The first kappa shape index (κ1) is 18.7. The lowest BCUT2D eigenvalue weighted by Crippen LogP contribution is -2.12. The van der Waals surface area contributed by atoms with Crippen LogP contribution in [-0.2, 0) is 7.05 Å². The van der Waals surface area contributed by atoms with Crippen molar-refractivity contribution in [2.24, 2.45) is 7.05 Å². The molecule has 3 aromatic rings. The molecule has 1 N–H and O–H groups in total. The van der Waals surface area contributed by atoms with Gasteiger partial charge in [0, 0.05) is 23.9 Å². The topological polar surface area (TPSA) is 78.3 Å². The Labute approximate surface area is 161 Å². The van der Waals surface area contributed by atoms with E-state index in [1.165, 1.54) is 7.11 Å². The number of methoxy groups -OCH3 is 1. The highest BCUT2D eigenvalue weighted by atomic mass is 35.5. The fourth-order valence-corrected chi connectivity index (χ4v) is 2.88. The number of anilines is 1. The van der Waals surface area contributed by atoms with Crippen LogP contribution < -0.4 is 14.8 Å². The fourth-order valence-electron chi connectivity index (χ4n) is 2.62. The van der Waals surface area contributed by atoms with Crippen molar-refractivity contribution in [2.45, 2.75) is 6.92 Å². The van der Waals surface area contributed by atoms with Gasteiger partial charge in [-0.15, -0.1) is 10.2 Å². The molecular weight excluding hydrogens is 368 g/mol. The second-order valence-corrected chi connectivity index (χ2v) is 6.13. The lowest BCUT2D eigenvalue weighted by molar-refractivity contribution is 0.102. The Hall–Kier alpha value is -3.06. The van der Waals surface area contributed by atoms with E-state index in [4.69, 9.17) is 21.1 Å². The number of amides is 1. The number of carbonyl (C=O) groups excluding carboxylic acids is 1. The molecule has 0 saturated heterocycles. The lowest BCUT2D eigenvalue weighted by atomic mass is 10.1. The minimum atomic E-state index is -0.312. The third-order valence-electron chi connectivity index (χ3n) is 3.87. The summed E-state index contributed by atoms with van der Waals surface area (Å²) in [4.78, 5) is 12.7. The molecule has 1 heterocycles. The van der Waals surface area contributed by atoms with E-state index < -0.39 is 0 Å². The number of nitrogens with one attached hydrogen (secondary N) is 1. The number of carbonyl (C=O) groups is 1. The standard InChI is InChI=1S/C19H19ClN4O3/c1-4-27-17-15(20)9-13(10-16(17)26-3)19(25)22-14-7-5-6-12(8-14)18-23-21-11-24(18)2/h5-11H,4H2,1-3H3,(H,22,25). The zero-order chi connectivity index (χ0) is 19.4. The number of aryl methyl sites for hydroxylation is 1. The summed E-state index contributed by atoms with van der Waals surface area (Å²) in [6, 6.07) is 10.5. The van der Waals surface area contributed by atoms with Crippen molar-refractivity contribution in [3.8, 4) is 22.9 Å². The van der Waals surface area contributed by atoms with Gasteiger partial charge in [-0.2, -0.15) is 0 Å². The van der Waals surface area contributed by atoms with Crippen LogP contribution in [0.15, 0.2) is 42.7 Å². The van der Waals surface area contributed by atoms with Gasteiger partial charge < -0.3 is 19.4 Å². The molecule has 140 valence electrons. The predicted octanol–water partition coefficient (Wildman–Crippen LogP) is 3.80. The highest BCUT2D eigenvalue weighted by Gasteiger charge is 2.16. The fraction of sp³-hybridized carbons (Fsp3) is 0.211. The second kappa shape index (κ2) is 8.09. The minimum Gasteiger partial charge on any atom is -0.493 e. The first-order valence-electron chi connectivity index (χ1n) is 8.29. The number of rotatable bonds is 6. The van der Waals surface area contributed by atoms with E-state index in [0.29, 0.717) is 40.2 Å². The molecule has 1 aromatic heterocycles. The normalized spacial score (nSPS) is 10.5. The first-order chi connectivity index (χ1) is 13.0. The Morgan fingerprint density at radius 2 is 2.11 bits per heavy atom. The maximum Gasteiger partial charge on any atom is 0.255 e. The van der Waals surface area contributed by atoms with E-state index in [1.54, 1.807) is 29.1 Å². The van der Waals surface area contributed by atoms with Crippen LogP contribution in [0.2, 0.25) is 5.02 Å². The van der Waals surface area contributed by atoms with Gasteiger partial charge in [-0.3, -0.25) is 4.79 Å². The SMILES string of the molecule is CCOc1c(Cl)cc(C(=O)Nc2cccc(-c3nncn3C)c2)cc1OC. The molecule has 0 aliphatic carbocycles. The van der Waals surface area contributed by atoms with Gasteiger partial charge in [-0.25, -0.2) is 0 Å². The number of nitrogens with zero attached hydrogens (tertiary/aromatic N) is 3. The zero-order valence-electron chi connectivity index (χ0n) is 15.2. The molecule has 27 heavy (non-hydrogen) atoms. The number of halogens is 1. The highest BCUT2D eigenvalue weighted by molar-refractivity contribution is 6.32. The van der Waals surface area contributed by atoms with E-state index >= 15 is 0 Å². The van der Waals surface area contributed by atoms with Crippen LogP contribution in [0, 0.1) is 0 Å². The largest absolute Gasteiger partial charge is 0.493 e. The van der Waals surface area contributed by atoms with Gasteiger partial charge in [-0.05, 0) is 31.2 Å². The summed E-state index contributed by atoms with van der Waals surface area (Å²) in [5, 5.41) is 11.1. The van der Waals surface area contributed by atoms with Crippen LogP contribution in [0.1, 0.15) is 17.3 Å². The Kier molecular flexibility index (Phi) is 5.61. The first-order valence-corrected chi connectivity index (χ1v) is 8.67. The lowest BCUT2D eigenvalue weighted by Gasteiger charge is -2.13. The molecule has 0 atom stereocenters. The summed E-state index contributed by atoms with van der Waals surface area (Å²) in [7, 11) is 3.36. The van der Waals surface area contributed by atoms with Crippen LogP contribution >= 0.6 is 11.6 Å². The average Bonchev–Trinajstić information content (AvgIpc) is 3.09. The van der Waals surface area contributed by atoms with E-state index in [9.17, 15) is 4.79 Å². The number of benzene rings is 2. The van der Waals surface area contributed by atoms with Gasteiger partial charge in [-0.1, -0.05) is 23.7 Å². The number of hydrogen-bond donors (Lipinski definition) is 1. The Morgan fingerprint density at radius 3 is 2.78 bits per heavy atom. The van der Waals surface area contributed by atoms with Gasteiger partial charge in [0.2, 0.25) is 0 Å². The number of aromatic nitrogens is 3. The maximum absolute atomic E-state index is 12.7. The van der Waals surface area contributed by atoms with Crippen molar-refractivity contribution >= 4 is 23.2 Å². The van der Waals surface area contributed by atoms with Crippen molar-refractivity contribution in [1.29, 1.82) is 0 Å². The quantitative estimate of drug-likeness (QED) is 0.697. The summed E-state index contributed by atoms with van der Waals surface area (Å²) in [5.41, 5.74) is 1.84. The van der Waals surface area contributed by atoms with Crippen molar-refractivity contribution in [1.82, 2.24) is 14.8 Å². The van der Waals surface area contributed by atoms with Crippen molar-refractivity contribution in [2.75, 3.05) is 19.0 Å². The molecule has 0 spiro atoms. The molecule has 0 fully saturated rings. The van der Waals surface area contributed by atoms with Crippen molar-refractivity contribution in [3.05, 3.63) is 53.3 Å². The monoisotopic (exact) mass is 386 g/mol. The van der Waals surface area contributed by atoms with Gasteiger partial charge in [0.05, 0.1) is 18.7 Å². The Morgan fingerprint density at radius 1 is 1.30 bits per heavy atom. The number of ether oxygens (including phenoxy) is 2. The van der Waals surface area contributed by atoms with E-state index in [-0.39, 0.29) is 5.91 Å². The summed E-state index contributed by atoms with van der Waals surface area (Å²) < 4.78 is 12.6. The second-order valence-electron chi connectivity index (χ2n) is 5.72. The molecule has 7 nitrogen and oxygen atoms in total. The molecule has 2 aromatic carbocycles. The van der Waals surface area contributed by atoms with Crippen LogP contribution in [0.25, 0.3) is 11.4 Å². The molecule has 0 aliphatic rings. The van der Waals surface area contributed by atoms with Crippen LogP contribution in [0.4, 0.5) is 5.69 Å². The van der Waals surface area contributed by atoms with Crippen molar-refractivity contribution in [3.63, 3.8) is 0 Å². The predicted molar refractivity (Wildman–Crippen MR) is 104 cm³/mol. The molecule has 0 aliphatic heterocycles. The molecule has 0 unspecified atom stereocenters. The van der Waals surface area contributed by atoms with Gasteiger partial charge in [0.25, 0.3) is 5.91 Å². The molecule has 0 radical (unpaired) electrons. The molecule has 0 bridgehead atoms. The summed E-state index contributed by atoms with van der Waals surface area (Å²) >= 11 is 6.25. The zero-order valence-corrected chi connectivity index (χ0v) is 15.9. The smallest absolute Gasteiger partial charge is 0.255 e. The highest BCUT2D eigenvalue weighted by Crippen LogP contribution is 2.36. The molecule has 0 saturated carbocycles. The number of hydrogen-bond acceptors (Lipinski definition) is 5. The van der Waals surface area contributed by atoms with Crippen LogP contribution in [0.3, 0.4) is 0 Å². The van der Waals surface area contributed by atoms with Crippen LogP contribution in [0.5, 0.6) is 11.5 Å². The minimum absolute atomic E-state index is 0.312. The summed E-state index contributed by atoms with van der Waals surface area (Å²) in [6.07, 6.45) is 1.62. The van der Waals surface area contributed by atoms with Gasteiger partial charge >= 0.3 is 0 Å². The average molecular weight is 387 g/mol. The van der Waals surface area contributed by atoms with E-state index in [2.05, 4.69) is 15.5 Å². The third kappa shape index (κ3) is 4.03. The molecule has 3 rings (SSSR count). The van der Waals surface area contributed by atoms with Crippen molar-refractivity contribution < 1.29 is 14.3 Å². The third-order valence-corrected chi connectivity index (χ3v) is 4.15. The summed E-state index contributed by atoms with van der Waals surface area (Å²) in [6.45, 7) is 2.29. The van der Waals surface area contributed by atoms with Crippen LogP contribution in [-0.4, -0.2) is 34.4 Å². The van der Waals surface area contributed by atoms with E-state index in [1.807, 2.05) is 32.2 Å². The van der Waals surface area contributed by atoms with Gasteiger partial charge in [0.1, 0.15) is 6.33 Å². The summed E-state index contributed by atoms with van der Waals surface area (Å²) in [5.74, 6) is 1.22.